The molecule has 0 aliphatic rings. The summed E-state index contributed by atoms with van der Waals surface area (Å²) < 4.78 is 2.09. The van der Waals surface area contributed by atoms with Gasteiger partial charge in [0.25, 0.3) is 0 Å². The number of aromatic nitrogens is 4. The van der Waals surface area contributed by atoms with Gasteiger partial charge in [-0.3, -0.25) is 4.98 Å². The number of H-pyrrole nitrogens is 1. The van der Waals surface area contributed by atoms with Crippen LogP contribution in [0.2, 0.25) is 0 Å². The molecule has 0 atom stereocenters. The van der Waals surface area contributed by atoms with Crippen molar-refractivity contribution in [2.24, 2.45) is 5.10 Å². The molecule has 0 aliphatic heterocycles. The second-order valence-electron chi connectivity index (χ2n) is 4.43. The number of rotatable bonds is 5. The average Bonchev–Trinajstić information content (AvgIpc) is 2.93. The highest BCUT2D eigenvalue weighted by Gasteiger charge is 2.06. The third-order valence-electron chi connectivity index (χ3n) is 2.84. The summed E-state index contributed by atoms with van der Waals surface area (Å²) in [5.74, 6) is 0.808. The lowest BCUT2D eigenvalue weighted by Crippen LogP contribution is -1.94. The summed E-state index contributed by atoms with van der Waals surface area (Å²) in [7, 11) is 0. The topological polar surface area (TPSA) is 58.9 Å². The van der Waals surface area contributed by atoms with Gasteiger partial charge in [-0.1, -0.05) is 48.2 Å². The van der Waals surface area contributed by atoms with E-state index in [1.165, 1.54) is 5.56 Å². The van der Waals surface area contributed by atoms with Gasteiger partial charge in [0.2, 0.25) is 9.93 Å². The first-order valence-electron chi connectivity index (χ1n) is 6.61. The van der Waals surface area contributed by atoms with Gasteiger partial charge < -0.3 is 0 Å². The molecular weight excluding hydrogens is 314 g/mol. The Labute approximate surface area is 137 Å². The fourth-order valence-corrected chi connectivity index (χ4v) is 2.87. The highest BCUT2D eigenvalue weighted by molar-refractivity contribution is 7.98. The van der Waals surface area contributed by atoms with Crippen molar-refractivity contribution in [3.63, 3.8) is 0 Å². The zero-order valence-corrected chi connectivity index (χ0v) is 13.2. The van der Waals surface area contributed by atoms with Crippen LogP contribution in [0.15, 0.2) is 65.1 Å². The number of hydrogen-bond donors (Lipinski definition) is 1. The third kappa shape index (κ3) is 3.69. The van der Waals surface area contributed by atoms with E-state index in [1.54, 1.807) is 35.0 Å². The highest BCUT2D eigenvalue weighted by Crippen LogP contribution is 2.20. The number of nitrogens with one attached hydrogen (secondary N) is 1. The maximum atomic E-state index is 5.22. The minimum atomic E-state index is 0.468. The van der Waals surface area contributed by atoms with E-state index in [0.29, 0.717) is 4.77 Å². The molecule has 0 amide bonds. The van der Waals surface area contributed by atoms with Crippen molar-refractivity contribution >= 4 is 30.2 Å². The predicted octanol–water partition coefficient (Wildman–Crippen LogP) is 3.51. The summed E-state index contributed by atoms with van der Waals surface area (Å²) in [6, 6.07) is 14.0. The summed E-state index contributed by atoms with van der Waals surface area (Å²) in [6.45, 7) is 0. The molecule has 0 aliphatic carbocycles. The molecule has 0 fully saturated rings. The van der Waals surface area contributed by atoms with Crippen LogP contribution in [0.25, 0.3) is 0 Å². The Morgan fingerprint density at radius 3 is 2.86 bits per heavy atom. The Morgan fingerprint density at radius 1 is 1.23 bits per heavy atom. The second kappa shape index (κ2) is 7.15. The van der Waals surface area contributed by atoms with Gasteiger partial charge >= 0.3 is 0 Å². The van der Waals surface area contributed by atoms with E-state index in [2.05, 4.69) is 32.4 Å². The normalized spacial score (nSPS) is 11.1. The maximum absolute atomic E-state index is 5.22. The first-order valence-corrected chi connectivity index (χ1v) is 8.01. The zero-order valence-electron chi connectivity index (χ0n) is 11.6. The van der Waals surface area contributed by atoms with Crippen LogP contribution in [0.4, 0.5) is 0 Å². The third-order valence-corrected chi connectivity index (χ3v) is 4.10. The predicted molar refractivity (Wildman–Crippen MR) is 90.6 cm³/mol. The van der Waals surface area contributed by atoms with Gasteiger partial charge in [-0.2, -0.15) is 9.78 Å². The number of hydrogen-bond acceptors (Lipinski definition) is 5. The molecule has 110 valence electrons. The molecule has 0 radical (unpaired) electrons. The zero-order chi connectivity index (χ0) is 15.2. The number of benzene rings is 1. The SMILES string of the molecule is S=c1[nH]nc(SCc2ccccc2)n1/N=C\c1cccnc1. The second-order valence-corrected chi connectivity index (χ2v) is 5.76. The summed E-state index contributed by atoms with van der Waals surface area (Å²) >= 11 is 6.80. The Hall–Kier alpha value is -2.25. The number of pyridine rings is 1. The molecule has 7 heteroatoms. The molecule has 0 saturated heterocycles. The number of nitrogens with zero attached hydrogens (tertiary/aromatic N) is 4. The number of aromatic amines is 1. The van der Waals surface area contributed by atoms with Crippen molar-refractivity contribution in [3.8, 4) is 0 Å². The van der Waals surface area contributed by atoms with Gasteiger partial charge in [-0.05, 0) is 23.8 Å². The molecule has 0 bridgehead atoms. The van der Waals surface area contributed by atoms with E-state index in [1.807, 2.05) is 30.3 Å². The highest BCUT2D eigenvalue weighted by atomic mass is 32.2. The largest absolute Gasteiger partial charge is 0.264 e. The average molecular weight is 327 g/mol. The standard InChI is InChI=1S/C15H13N5S2/c21-14-18-19-15(22-11-12-5-2-1-3-6-12)20(14)17-10-13-7-4-8-16-9-13/h1-10H,11H2,(H,18,21)/b17-10-. The minimum absolute atomic E-state index is 0.468. The smallest absolute Gasteiger partial charge is 0.217 e. The van der Waals surface area contributed by atoms with E-state index in [0.717, 1.165) is 16.5 Å². The van der Waals surface area contributed by atoms with Gasteiger partial charge in [0.15, 0.2) is 0 Å². The van der Waals surface area contributed by atoms with Crippen molar-refractivity contribution in [1.82, 2.24) is 19.9 Å². The fourth-order valence-electron chi connectivity index (χ4n) is 1.77. The molecular formula is C15H13N5S2. The molecule has 2 heterocycles. The van der Waals surface area contributed by atoms with E-state index >= 15 is 0 Å². The lowest BCUT2D eigenvalue weighted by molar-refractivity contribution is 0.758. The van der Waals surface area contributed by atoms with E-state index < -0.39 is 0 Å². The first kappa shape index (κ1) is 14.7. The Morgan fingerprint density at radius 2 is 2.09 bits per heavy atom. The molecule has 0 unspecified atom stereocenters. The molecule has 2 aromatic heterocycles. The van der Waals surface area contributed by atoms with Crippen LogP contribution in [0, 0.1) is 4.77 Å². The van der Waals surface area contributed by atoms with Gasteiger partial charge in [0, 0.05) is 23.7 Å². The molecule has 22 heavy (non-hydrogen) atoms. The van der Waals surface area contributed by atoms with Gasteiger partial charge in [0.05, 0.1) is 6.21 Å². The van der Waals surface area contributed by atoms with Crippen molar-refractivity contribution in [2.45, 2.75) is 10.9 Å². The van der Waals surface area contributed by atoms with Crippen molar-refractivity contribution in [3.05, 3.63) is 70.8 Å². The minimum Gasteiger partial charge on any atom is -0.264 e. The van der Waals surface area contributed by atoms with Crippen LogP contribution in [-0.4, -0.2) is 26.1 Å². The molecule has 3 rings (SSSR count). The monoisotopic (exact) mass is 327 g/mol. The fraction of sp³-hybridized carbons (Fsp3) is 0.0667. The summed E-state index contributed by atoms with van der Waals surface area (Å²) in [5, 5.41) is 12.1. The first-order chi connectivity index (χ1) is 10.8. The van der Waals surface area contributed by atoms with Crippen LogP contribution in [0.5, 0.6) is 0 Å². The van der Waals surface area contributed by atoms with Crippen molar-refractivity contribution in [1.29, 1.82) is 0 Å². The molecule has 1 N–H and O–H groups in total. The van der Waals surface area contributed by atoms with E-state index in [-0.39, 0.29) is 0 Å². The molecule has 1 aromatic carbocycles. The molecule has 0 spiro atoms. The summed E-state index contributed by atoms with van der Waals surface area (Å²) in [5.41, 5.74) is 2.13. The van der Waals surface area contributed by atoms with Crippen LogP contribution in [0.1, 0.15) is 11.1 Å². The lowest BCUT2D eigenvalue weighted by atomic mass is 10.2. The van der Waals surface area contributed by atoms with E-state index in [4.69, 9.17) is 12.2 Å². The lowest BCUT2D eigenvalue weighted by Gasteiger charge is -2.01. The Balaban J connectivity index is 1.76. The Bertz CT molecular complexity index is 809. The molecule has 0 saturated carbocycles. The number of thioether (sulfide) groups is 1. The maximum Gasteiger partial charge on any atom is 0.217 e. The summed E-state index contributed by atoms with van der Waals surface area (Å²) in [6.07, 6.45) is 5.18. The van der Waals surface area contributed by atoms with Gasteiger partial charge in [-0.15, -0.1) is 5.10 Å². The van der Waals surface area contributed by atoms with Gasteiger partial charge in [0.1, 0.15) is 0 Å². The van der Waals surface area contributed by atoms with Gasteiger partial charge in [-0.25, -0.2) is 5.10 Å². The summed E-state index contributed by atoms with van der Waals surface area (Å²) in [4.78, 5) is 4.05. The van der Waals surface area contributed by atoms with Crippen molar-refractivity contribution in [2.75, 3.05) is 0 Å². The van der Waals surface area contributed by atoms with Crippen LogP contribution >= 0.6 is 24.0 Å². The molecule has 5 nitrogen and oxygen atoms in total. The van der Waals surface area contributed by atoms with Crippen LogP contribution in [-0.2, 0) is 5.75 Å². The van der Waals surface area contributed by atoms with Crippen LogP contribution in [0.3, 0.4) is 0 Å². The Kier molecular flexibility index (Phi) is 4.77. The quantitative estimate of drug-likeness (QED) is 0.442. The van der Waals surface area contributed by atoms with Crippen molar-refractivity contribution < 1.29 is 0 Å². The van der Waals surface area contributed by atoms with Crippen LogP contribution < -0.4 is 0 Å². The molecule has 3 aromatic rings. The van der Waals surface area contributed by atoms with E-state index in [9.17, 15) is 0 Å².